The Hall–Kier alpha value is -2.61. The van der Waals surface area contributed by atoms with Crippen LogP contribution in [0.15, 0.2) is 81.4 Å². The summed E-state index contributed by atoms with van der Waals surface area (Å²) in [6.45, 7) is 0.427. The van der Waals surface area contributed by atoms with Gasteiger partial charge in [0.1, 0.15) is 18.1 Å². The van der Waals surface area contributed by atoms with Crippen LogP contribution in [0.5, 0.6) is 5.75 Å². The molecule has 3 aromatic rings. The van der Waals surface area contributed by atoms with E-state index in [0.29, 0.717) is 23.1 Å². The fraction of sp³-hybridized carbons (Fsp3) is 0.0435. The average molecular weight is 563 g/mol. The second kappa shape index (κ2) is 9.26. The van der Waals surface area contributed by atoms with E-state index in [0.717, 1.165) is 25.0 Å². The minimum absolute atomic E-state index is 0.190. The zero-order valence-electron chi connectivity index (χ0n) is 15.9. The van der Waals surface area contributed by atoms with Crippen LogP contribution in [0.3, 0.4) is 0 Å². The Balaban J connectivity index is 1.49. The highest BCUT2D eigenvalue weighted by Crippen LogP contribution is 2.29. The summed E-state index contributed by atoms with van der Waals surface area (Å²) in [5, 5.41) is 3.14. The van der Waals surface area contributed by atoms with E-state index in [4.69, 9.17) is 16.3 Å². The number of benzene rings is 3. The molecule has 0 aromatic heterocycles. The van der Waals surface area contributed by atoms with Gasteiger partial charge in [-0.1, -0.05) is 45.7 Å². The highest BCUT2D eigenvalue weighted by atomic mass is 79.9. The normalized spacial score (nSPS) is 14.8. The first kappa shape index (κ1) is 21.6. The number of rotatable bonds is 5. The predicted octanol–water partition coefficient (Wildman–Crippen LogP) is 6.54. The molecular weight excluding hydrogens is 548 g/mol. The molecule has 3 aromatic carbocycles. The Morgan fingerprint density at radius 2 is 1.68 bits per heavy atom. The Labute approximate surface area is 200 Å². The van der Waals surface area contributed by atoms with E-state index in [2.05, 4.69) is 37.2 Å². The summed E-state index contributed by atoms with van der Waals surface area (Å²) in [7, 11) is 0. The van der Waals surface area contributed by atoms with Crippen molar-refractivity contribution in [2.45, 2.75) is 6.61 Å². The van der Waals surface area contributed by atoms with E-state index in [1.807, 2.05) is 42.5 Å². The molecular formula is C23H15Br2ClN2O3. The van der Waals surface area contributed by atoms with Crippen molar-refractivity contribution in [2.75, 3.05) is 4.90 Å². The molecule has 8 heteroatoms. The molecule has 1 fully saturated rings. The molecule has 0 atom stereocenters. The molecule has 0 bridgehead atoms. The van der Waals surface area contributed by atoms with Crippen molar-refractivity contribution in [2.24, 2.45) is 0 Å². The van der Waals surface area contributed by atoms with Gasteiger partial charge in [-0.05, 0) is 81.7 Å². The summed E-state index contributed by atoms with van der Waals surface area (Å²) in [6.07, 6.45) is 1.62. The van der Waals surface area contributed by atoms with Gasteiger partial charge in [0.2, 0.25) is 0 Å². The topological polar surface area (TPSA) is 58.6 Å². The lowest BCUT2D eigenvalue weighted by Crippen LogP contribution is -2.30. The molecule has 0 radical (unpaired) electrons. The third kappa shape index (κ3) is 5.01. The van der Waals surface area contributed by atoms with Crippen LogP contribution < -0.4 is 15.0 Å². The highest BCUT2D eigenvalue weighted by Gasteiger charge is 2.34. The molecule has 0 saturated carbocycles. The Bertz CT molecular complexity index is 1180. The van der Waals surface area contributed by atoms with Gasteiger partial charge in [0, 0.05) is 9.50 Å². The van der Waals surface area contributed by atoms with E-state index in [-0.39, 0.29) is 5.70 Å². The Kier molecular flexibility index (Phi) is 6.46. The number of hydrogen-bond acceptors (Lipinski definition) is 3. The van der Waals surface area contributed by atoms with E-state index in [1.165, 1.54) is 0 Å². The number of nitrogens with zero attached hydrogens (tertiary/aromatic N) is 1. The van der Waals surface area contributed by atoms with E-state index < -0.39 is 11.9 Å². The second-order valence-electron chi connectivity index (χ2n) is 6.71. The number of hydrogen-bond donors (Lipinski definition) is 1. The van der Waals surface area contributed by atoms with Gasteiger partial charge in [-0.2, -0.15) is 0 Å². The summed E-state index contributed by atoms with van der Waals surface area (Å²) in [4.78, 5) is 26.1. The van der Waals surface area contributed by atoms with Crippen LogP contribution in [0.2, 0.25) is 5.02 Å². The first-order valence-corrected chi connectivity index (χ1v) is 11.2. The third-order valence-corrected chi connectivity index (χ3v) is 5.94. The number of carbonyl (C=O) groups is 2. The van der Waals surface area contributed by atoms with Crippen LogP contribution in [0.4, 0.5) is 10.5 Å². The van der Waals surface area contributed by atoms with E-state index in [9.17, 15) is 9.59 Å². The Morgan fingerprint density at radius 3 is 2.35 bits per heavy atom. The molecule has 3 amide bonds. The predicted molar refractivity (Wildman–Crippen MR) is 128 cm³/mol. The molecule has 156 valence electrons. The average Bonchev–Trinajstić information content (AvgIpc) is 3.02. The number of ether oxygens (including phenoxy) is 1. The third-order valence-electron chi connectivity index (χ3n) is 4.54. The quantitative estimate of drug-likeness (QED) is 0.284. The van der Waals surface area contributed by atoms with Crippen molar-refractivity contribution < 1.29 is 14.3 Å². The molecule has 1 aliphatic rings. The van der Waals surface area contributed by atoms with Crippen molar-refractivity contribution in [3.63, 3.8) is 0 Å². The first-order valence-electron chi connectivity index (χ1n) is 9.20. The molecule has 0 spiro atoms. The van der Waals surface area contributed by atoms with Crippen LogP contribution >= 0.6 is 43.5 Å². The van der Waals surface area contributed by atoms with Gasteiger partial charge in [0.05, 0.1) is 10.2 Å². The molecule has 1 N–H and O–H groups in total. The number of carbonyl (C=O) groups excluding carboxylic acids is 2. The summed E-state index contributed by atoms with van der Waals surface area (Å²) < 4.78 is 7.62. The molecule has 1 heterocycles. The summed E-state index contributed by atoms with van der Waals surface area (Å²) >= 11 is 12.8. The van der Waals surface area contributed by atoms with E-state index >= 15 is 0 Å². The largest absolute Gasteiger partial charge is 0.488 e. The minimum atomic E-state index is -0.507. The maximum Gasteiger partial charge on any atom is 0.333 e. The smallest absolute Gasteiger partial charge is 0.333 e. The van der Waals surface area contributed by atoms with Crippen LogP contribution in [-0.2, 0) is 11.4 Å². The first-order chi connectivity index (χ1) is 14.9. The maximum atomic E-state index is 12.7. The van der Waals surface area contributed by atoms with Gasteiger partial charge in [-0.25, -0.2) is 9.69 Å². The van der Waals surface area contributed by atoms with Crippen LogP contribution in [0, 0.1) is 0 Å². The lowest BCUT2D eigenvalue weighted by Gasteiger charge is -2.11. The molecule has 4 rings (SSSR count). The van der Waals surface area contributed by atoms with Gasteiger partial charge < -0.3 is 10.1 Å². The Morgan fingerprint density at radius 1 is 0.968 bits per heavy atom. The maximum absolute atomic E-state index is 12.7. The minimum Gasteiger partial charge on any atom is -0.488 e. The standard InChI is InChI=1S/C23H15Br2ClN2O3/c24-16-4-1-14(2-5-16)13-31-21-10-3-15(11-19(21)25)12-20-22(29)28(23(30)27-20)18-8-6-17(26)7-9-18/h1-12H,13H2,(H,27,30)/b20-12+. The van der Waals surface area contributed by atoms with Crippen molar-refractivity contribution in [1.82, 2.24) is 5.32 Å². The molecule has 31 heavy (non-hydrogen) atoms. The summed E-state index contributed by atoms with van der Waals surface area (Å²) in [5.74, 6) is 0.244. The fourth-order valence-electron chi connectivity index (χ4n) is 2.99. The van der Waals surface area contributed by atoms with Crippen LogP contribution in [0.1, 0.15) is 11.1 Å². The van der Waals surface area contributed by atoms with Gasteiger partial charge in [-0.15, -0.1) is 0 Å². The molecule has 1 aliphatic heterocycles. The number of nitrogens with one attached hydrogen (secondary N) is 1. The van der Waals surface area contributed by atoms with Crippen molar-refractivity contribution >= 4 is 67.2 Å². The number of anilines is 1. The van der Waals surface area contributed by atoms with Crippen molar-refractivity contribution in [3.8, 4) is 5.75 Å². The summed E-state index contributed by atoms with van der Waals surface area (Å²) in [6, 6.07) is 19.3. The fourth-order valence-corrected chi connectivity index (χ4v) is 3.89. The summed E-state index contributed by atoms with van der Waals surface area (Å²) in [5.41, 5.74) is 2.43. The lowest BCUT2D eigenvalue weighted by molar-refractivity contribution is -0.113. The number of imide groups is 1. The van der Waals surface area contributed by atoms with Gasteiger partial charge in [0.25, 0.3) is 5.91 Å². The van der Waals surface area contributed by atoms with Gasteiger partial charge >= 0.3 is 6.03 Å². The van der Waals surface area contributed by atoms with Crippen molar-refractivity contribution in [1.29, 1.82) is 0 Å². The van der Waals surface area contributed by atoms with Gasteiger partial charge in [-0.3, -0.25) is 4.79 Å². The zero-order valence-corrected chi connectivity index (χ0v) is 19.9. The molecule has 5 nitrogen and oxygen atoms in total. The number of halogens is 3. The van der Waals surface area contributed by atoms with Crippen LogP contribution in [0.25, 0.3) is 6.08 Å². The zero-order chi connectivity index (χ0) is 22.0. The van der Waals surface area contributed by atoms with E-state index in [1.54, 1.807) is 30.3 Å². The lowest BCUT2D eigenvalue weighted by atomic mass is 10.1. The number of urea groups is 1. The molecule has 1 saturated heterocycles. The monoisotopic (exact) mass is 560 g/mol. The highest BCUT2D eigenvalue weighted by molar-refractivity contribution is 9.10. The number of amides is 3. The van der Waals surface area contributed by atoms with Gasteiger partial charge in [0.15, 0.2) is 0 Å². The van der Waals surface area contributed by atoms with Crippen LogP contribution in [-0.4, -0.2) is 11.9 Å². The van der Waals surface area contributed by atoms with Crippen molar-refractivity contribution in [3.05, 3.63) is 97.5 Å². The molecule has 0 aliphatic carbocycles. The molecule has 0 unspecified atom stereocenters. The second-order valence-corrected chi connectivity index (χ2v) is 8.92. The SMILES string of the molecule is O=C1N/C(=C/c2ccc(OCc3ccc(Br)cc3)c(Br)c2)C(=O)N1c1ccc(Cl)cc1.